The Morgan fingerprint density at radius 3 is 2.70 bits per heavy atom. The lowest BCUT2D eigenvalue weighted by molar-refractivity contribution is 0.0121. The molecule has 20 heavy (non-hydrogen) atoms. The molecule has 3 nitrogen and oxygen atoms in total. The summed E-state index contributed by atoms with van der Waals surface area (Å²) in [6.07, 6.45) is 1.20. The van der Waals surface area contributed by atoms with Crippen LogP contribution >= 0.6 is 11.3 Å². The van der Waals surface area contributed by atoms with Crippen molar-refractivity contribution in [3.05, 3.63) is 41.4 Å². The second kappa shape index (κ2) is 4.94. The number of aromatic nitrogens is 1. The molecule has 2 heterocycles. The molecule has 0 spiro atoms. The van der Waals surface area contributed by atoms with Gasteiger partial charge in [0.1, 0.15) is 9.88 Å². The van der Waals surface area contributed by atoms with Crippen LogP contribution in [0.1, 0.15) is 16.1 Å². The third-order valence-corrected chi connectivity index (χ3v) is 4.23. The second-order valence-corrected chi connectivity index (χ2v) is 5.76. The molecular weight excluding hydrogens is 282 g/mol. The van der Waals surface area contributed by atoms with Crippen molar-refractivity contribution in [2.24, 2.45) is 0 Å². The van der Waals surface area contributed by atoms with Crippen molar-refractivity contribution >= 4 is 17.2 Å². The molecule has 0 atom stereocenters. The summed E-state index contributed by atoms with van der Waals surface area (Å²) >= 11 is 1.23. The Morgan fingerprint density at radius 2 is 2.05 bits per heavy atom. The summed E-state index contributed by atoms with van der Waals surface area (Å²) in [6.45, 7) is -0.394. The summed E-state index contributed by atoms with van der Waals surface area (Å²) in [6, 6.07) is 9.47. The van der Waals surface area contributed by atoms with Crippen molar-refractivity contribution in [2.75, 3.05) is 13.1 Å². The monoisotopic (exact) mass is 294 g/mol. The van der Waals surface area contributed by atoms with Crippen LogP contribution in [0, 0.1) is 0 Å². The Hall–Kier alpha value is -1.82. The molecule has 0 aliphatic carbocycles. The van der Waals surface area contributed by atoms with Crippen molar-refractivity contribution in [3.63, 3.8) is 0 Å². The van der Waals surface area contributed by atoms with Gasteiger partial charge in [0.15, 0.2) is 0 Å². The Balaban J connectivity index is 1.79. The summed E-state index contributed by atoms with van der Waals surface area (Å²) in [5.74, 6) is -3.12. The van der Waals surface area contributed by atoms with Crippen molar-refractivity contribution in [2.45, 2.75) is 12.3 Å². The van der Waals surface area contributed by atoms with E-state index in [4.69, 9.17) is 0 Å². The maximum Gasteiger partial charge on any atom is 0.267 e. The van der Waals surface area contributed by atoms with Crippen LogP contribution in [0.2, 0.25) is 0 Å². The van der Waals surface area contributed by atoms with Crippen LogP contribution in [-0.4, -0.2) is 34.8 Å². The van der Waals surface area contributed by atoms with Gasteiger partial charge in [0.2, 0.25) is 0 Å². The molecule has 1 aliphatic heterocycles. The lowest BCUT2D eigenvalue weighted by atomic mass is 10.2. The van der Waals surface area contributed by atoms with E-state index in [-0.39, 0.29) is 18.9 Å². The number of halogens is 2. The molecule has 1 saturated heterocycles. The van der Waals surface area contributed by atoms with Crippen LogP contribution in [0.15, 0.2) is 36.5 Å². The maximum atomic E-state index is 13.1. The number of rotatable bonds is 2. The quantitative estimate of drug-likeness (QED) is 0.851. The molecule has 6 heteroatoms. The molecule has 1 fully saturated rings. The third kappa shape index (κ3) is 2.56. The number of benzene rings is 1. The molecule has 1 aromatic carbocycles. The van der Waals surface area contributed by atoms with Gasteiger partial charge in [-0.15, -0.1) is 11.3 Å². The van der Waals surface area contributed by atoms with E-state index in [0.29, 0.717) is 4.88 Å². The molecular formula is C14H12F2N2OS. The normalized spacial score (nSPS) is 17.4. The minimum absolute atomic E-state index is 0.102. The van der Waals surface area contributed by atoms with Crippen molar-refractivity contribution < 1.29 is 13.6 Å². The molecule has 3 rings (SSSR count). The molecule has 1 aliphatic rings. The van der Waals surface area contributed by atoms with Gasteiger partial charge in [-0.2, -0.15) is 0 Å². The van der Waals surface area contributed by atoms with Gasteiger partial charge in [-0.1, -0.05) is 30.3 Å². The Morgan fingerprint density at radius 1 is 1.30 bits per heavy atom. The van der Waals surface area contributed by atoms with E-state index in [1.54, 1.807) is 0 Å². The van der Waals surface area contributed by atoms with Crippen molar-refractivity contribution in [1.82, 2.24) is 9.88 Å². The summed E-state index contributed by atoms with van der Waals surface area (Å²) in [5.41, 5.74) is 0.920. The lowest BCUT2D eigenvalue weighted by Crippen LogP contribution is -2.30. The van der Waals surface area contributed by atoms with Gasteiger partial charge < -0.3 is 4.90 Å². The molecule has 0 radical (unpaired) electrons. The van der Waals surface area contributed by atoms with E-state index in [1.165, 1.54) is 22.4 Å². The van der Waals surface area contributed by atoms with Crippen LogP contribution in [0.25, 0.3) is 10.6 Å². The smallest absolute Gasteiger partial charge is 0.267 e. The van der Waals surface area contributed by atoms with Gasteiger partial charge in [-0.3, -0.25) is 4.79 Å². The van der Waals surface area contributed by atoms with Gasteiger partial charge in [0, 0.05) is 18.5 Å². The van der Waals surface area contributed by atoms with E-state index in [1.807, 2.05) is 30.3 Å². The highest BCUT2D eigenvalue weighted by Crippen LogP contribution is 2.30. The number of likely N-dealkylation sites (tertiary alicyclic amines) is 1. The zero-order chi connectivity index (χ0) is 14.2. The van der Waals surface area contributed by atoms with Crippen LogP contribution in [0.4, 0.5) is 8.78 Å². The molecule has 104 valence electrons. The number of alkyl halides is 2. The first-order valence-electron chi connectivity index (χ1n) is 6.23. The average molecular weight is 294 g/mol. The minimum Gasteiger partial charge on any atom is -0.332 e. The van der Waals surface area contributed by atoms with Crippen LogP contribution in [-0.2, 0) is 0 Å². The number of carbonyl (C=O) groups is 1. The Bertz CT molecular complexity index is 627. The fourth-order valence-corrected chi connectivity index (χ4v) is 3.04. The first-order chi connectivity index (χ1) is 9.55. The minimum atomic E-state index is -2.76. The highest BCUT2D eigenvalue weighted by molar-refractivity contribution is 7.16. The topological polar surface area (TPSA) is 33.2 Å². The average Bonchev–Trinajstić information content (AvgIpc) is 3.05. The number of carbonyl (C=O) groups excluding carboxylic acids is 1. The van der Waals surface area contributed by atoms with Crippen LogP contribution < -0.4 is 0 Å². The Labute approximate surface area is 118 Å². The number of hydrogen-bond acceptors (Lipinski definition) is 3. The molecule has 0 unspecified atom stereocenters. The zero-order valence-electron chi connectivity index (χ0n) is 10.6. The predicted octanol–water partition coefficient (Wildman–Crippen LogP) is 3.29. The molecule has 1 aromatic heterocycles. The summed E-state index contributed by atoms with van der Waals surface area (Å²) in [5, 5.41) is 0.722. The number of hydrogen-bond donors (Lipinski definition) is 0. The summed E-state index contributed by atoms with van der Waals surface area (Å²) in [4.78, 5) is 17.9. The van der Waals surface area contributed by atoms with E-state index in [9.17, 15) is 13.6 Å². The van der Waals surface area contributed by atoms with Crippen molar-refractivity contribution in [1.29, 1.82) is 0 Å². The largest absolute Gasteiger partial charge is 0.332 e. The standard InChI is InChI=1S/C14H12F2N2OS/c15-14(16)6-7-18(9-14)13(19)11-8-17-12(20-11)10-4-2-1-3-5-10/h1-5,8H,6-7,9H2. The van der Waals surface area contributed by atoms with E-state index in [0.717, 1.165) is 10.6 Å². The van der Waals surface area contributed by atoms with Crippen LogP contribution in [0.3, 0.4) is 0 Å². The van der Waals surface area contributed by atoms with Crippen LogP contribution in [0.5, 0.6) is 0 Å². The highest BCUT2D eigenvalue weighted by Gasteiger charge is 2.40. The number of thiazole rings is 1. The molecule has 2 aromatic rings. The predicted molar refractivity (Wildman–Crippen MR) is 73.0 cm³/mol. The van der Waals surface area contributed by atoms with E-state index in [2.05, 4.69) is 4.98 Å². The Kier molecular flexibility index (Phi) is 3.25. The molecule has 1 amide bonds. The van der Waals surface area contributed by atoms with Gasteiger partial charge >= 0.3 is 0 Å². The fraction of sp³-hybridized carbons (Fsp3) is 0.286. The summed E-state index contributed by atoms with van der Waals surface area (Å²) < 4.78 is 26.3. The first-order valence-corrected chi connectivity index (χ1v) is 7.05. The third-order valence-electron chi connectivity index (χ3n) is 3.19. The van der Waals surface area contributed by atoms with Gasteiger partial charge in [0.05, 0.1) is 12.7 Å². The van der Waals surface area contributed by atoms with Gasteiger partial charge in [0.25, 0.3) is 11.8 Å². The first kappa shape index (κ1) is 13.2. The van der Waals surface area contributed by atoms with E-state index < -0.39 is 12.5 Å². The van der Waals surface area contributed by atoms with Gasteiger partial charge in [-0.05, 0) is 0 Å². The number of amides is 1. The lowest BCUT2D eigenvalue weighted by Gasteiger charge is -2.14. The van der Waals surface area contributed by atoms with E-state index >= 15 is 0 Å². The van der Waals surface area contributed by atoms with Gasteiger partial charge in [-0.25, -0.2) is 13.8 Å². The fourth-order valence-electron chi connectivity index (χ4n) is 2.15. The maximum absolute atomic E-state index is 13.1. The van der Waals surface area contributed by atoms with Crippen molar-refractivity contribution in [3.8, 4) is 10.6 Å². The summed E-state index contributed by atoms with van der Waals surface area (Å²) in [7, 11) is 0. The molecule has 0 saturated carbocycles. The molecule has 0 bridgehead atoms. The highest BCUT2D eigenvalue weighted by atomic mass is 32.1. The second-order valence-electron chi connectivity index (χ2n) is 4.73. The number of nitrogens with zero attached hydrogens (tertiary/aromatic N) is 2. The zero-order valence-corrected chi connectivity index (χ0v) is 11.4. The molecule has 0 N–H and O–H groups in total. The SMILES string of the molecule is O=C(c1cnc(-c2ccccc2)s1)N1CCC(F)(F)C1.